The Bertz CT molecular complexity index is 622. The molecule has 0 saturated carbocycles. The van der Waals surface area contributed by atoms with Crippen LogP contribution < -0.4 is 10.5 Å². The maximum absolute atomic E-state index is 13.7. The third-order valence-electron chi connectivity index (χ3n) is 3.72. The maximum Gasteiger partial charge on any atom is 0.243 e. The van der Waals surface area contributed by atoms with Crippen LogP contribution in [-0.2, 0) is 10.0 Å². The molecular formula is C13H19F2N3O2S. The number of benzene rings is 1. The summed E-state index contributed by atoms with van der Waals surface area (Å²) in [5, 5.41) is 0. The Morgan fingerprint density at radius 2 is 2.14 bits per heavy atom. The van der Waals surface area contributed by atoms with Crippen LogP contribution in [0.1, 0.15) is 19.8 Å². The van der Waals surface area contributed by atoms with Gasteiger partial charge in [-0.25, -0.2) is 21.9 Å². The summed E-state index contributed by atoms with van der Waals surface area (Å²) in [5.41, 5.74) is 5.25. The first-order valence-electron chi connectivity index (χ1n) is 6.83. The molecule has 0 spiro atoms. The first-order chi connectivity index (χ1) is 9.85. The van der Waals surface area contributed by atoms with Crippen molar-refractivity contribution in [3.05, 3.63) is 23.8 Å². The van der Waals surface area contributed by atoms with Crippen LogP contribution in [0.15, 0.2) is 17.0 Å². The zero-order valence-corrected chi connectivity index (χ0v) is 12.6. The number of rotatable bonds is 5. The second-order valence-electron chi connectivity index (χ2n) is 5.09. The van der Waals surface area contributed by atoms with E-state index < -0.39 is 26.6 Å². The van der Waals surface area contributed by atoms with Gasteiger partial charge in [-0.15, -0.1) is 0 Å². The monoisotopic (exact) mass is 319 g/mol. The molecule has 1 unspecified atom stereocenters. The molecule has 118 valence electrons. The van der Waals surface area contributed by atoms with Crippen molar-refractivity contribution in [2.24, 2.45) is 0 Å². The molecule has 5 nitrogen and oxygen atoms in total. The molecule has 0 aliphatic carbocycles. The Hall–Kier alpha value is -1.25. The predicted molar refractivity (Wildman–Crippen MR) is 76.2 cm³/mol. The Balaban J connectivity index is 2.16. The van der Waals surface area contributed by atoms with Gasteiger partial charge >= 0.3 is 0 Å². The number of anilines is 1. The third-order valence-corrected chi connectivity index (χ3v) is 5.14. The van der Waals surface area contributed by atoms with Crippen molar-refractivity contribution < 1.29 is 17.2 Å². The second kappa shape index (κ2) is 6.25. The van der Waals surface area contributed by atoms with E-state index in [0.717, 1.165) is 38.1 Å². The van der Waals surface area contributed by atoms with Crippen LogP contribution in [0, 0.1) is 11.6 Å². The molecule has 1 aromatic rings. The standard InChI is InChI=1S/C13H19F2N3O2S/c1-2-18-5-3-4-10(18)8-17-21(19,20)12-7-9(16)6-11(14)13(12)15/h6-7,10,17H,2-5,8,16H2,1H3. The topological polar surface area (TPSA) is 75.4 Å². The third kappa shape index (κ3) is 3.50. The van der Waals surface area contributed by atoms with Crippen molar-refractivity contribution in [3.63, 3.8) is 0 Å². The number of likely N-dealkylation sites (N-methyl/N-ethyl adjacent to an activating group) is 1. The molecule has 0 bridgehead atoms. The number of nitrogens with zero attached hydrogens (tertiary/aromatic N) is 1. The molecule has 2 rings (SSSR count). The first kappa shape index (κ1) is 16.1. The number of nitrogen functional groups attached to an aromatic ring is 1. The van der Waals surface area contributed by atoms with Crippen LogP contribution in [0.5, 0.6) is 0 Å². The lowest BCUT2D eigenvalue weighted by Gasteiger charge is -2.22. The molecule has 0 amide bonds. The number of hydrogen-bond donors (Lipinski definition) is 2. The highest BCUT2D eigenvalue weighted by Gasteiger charge is 2.27. The zero-order chi connectivity index (χ0) is 15.6. The van der Waals surface area contributed by atoms with E-state index in [1.54, 1.807) is 0 Å². The summed E-state index contributed by atoms with van der Waals surface area (Å²) in [4.78, 5) is 1.40. The average Bonchev–Trinajstić information content (AvgIpc) is 2.88. The summed E-state index contributed by atoms with van der Waals surface area (Å²) in [6.45, 7) is 3.92. The molecule has 1 heterocycles. The first-order valence-corrected chi connectivity index (χ1v) is 8.31. The fourth-order valence-electron chi connectivity index (χ4n) is 2.61. The Morgan fingerprint density at radius 1 is 1.43 bits per heavy atom. The molecule has 8 heteroatoms. The highest BCUT2D eigenvalue weighted by atomic mass is 32.2. The van der Waals surface area contributed by atoms with Gasteiger partial charge in [-0.3, -0.25) is 4.90 Å². The zero-order valence-electron chi connectivity index (χ0n) is 11.8. The van der Waals surface area contributed by atoms with Crippen molar-refractivity contribution in [2.45, 2.75) is 30.7 Å². The van der Waals surface area contributed by atoms with Gasteiger partial charge in [0.1, 0.15) is 4.90 Å². The van der Waals surface area contributed by atoms with E-state index in [-0.39, 0.29) is 18.3 Å². The maximum atomic E-state index is 13.7. The summed E-state index contributed by atoms with van der Waals surface area (Å²) in [6, 6.07) is 1.76. The van der Waals surface area contributed by atoms with Crippen LogP contribution in [0.2, 0.25) is 0 Å². The van der Waals surface area contributed by atoms with E-state index in [0.29, 0.717) is 0 Å². The summed E-state index contributed by atoms with van der Waals surface area (Å²) in [6.07, 6.45) is 1.88. The van der Waals surface area contributed by atoms with Crippen molar-refractivity contribution in [1.29, 1.82) is 0 Å². The van der Waals surface area contributed by atoms with Crippen LogP contribution in [0.25, 0.3) is 0 Å². The van der Waals surface area contributed by atoms with E-state index in [1.807, 2.05) is 6.92 Å². The fourth-order valence-corrected chi connectivity index (χ4v) is 3.80. The summed E-state index contributed by atoms with van der Waals surface area (Å²) >= 11 is 0. The van der Waals surface area contributed by atoms with Crippen molar-refractivity contribution in [2.75, 3.05) is 25.4 Å². The van der Waals surface area contributed by atoms with Gasteiger partial charge in [-0.2, -0.15) is 0 Å². The SMILES string of the molecule is CCN1CCCC1CNS(=O)(=O)c1cc(N)cc(F)c1F. The average molecular weight is 319 g/mol. The molecule has 3 N–H and O–H groups in total. The summed E-state index contributed by atoms with van der Waals surface area (Å²) in [5.74, 6) is -2.68. The smallest absolute Gasteiger partial charge is 0.243 e. The molecule has 0 radical (unpaired) electrons. The summed E-state index contributed by atoms with van der Waals surface area (Å²) < 4.78 is 53.5. The van der Waals surface area contributed by atoms with Gasteiger partial charge in [-0.05, 0) is 38.1 Å². The lowest BCUT2D eigenvalue weighted by atomic mass is 10.2. The molecule has 1 fully saturated rings. The fraction of sp³-hybridized carbons (Fsp3) is 0.538. The molecule has 1 aromatic carbocycles. The van der Waals surface area contributed by atoms with E-state index >= 15 is 0 Å². The lowest BCUT2D eigenvalue weighted by Crippen LogP contribution is -2.40. The highest BCUT2D eigenvalue weighted by Crippen LogP contribution is 2.22. The second-order valence-corrected chi connectivity index (χ2v) is 6.83. The summed E-state index contributed by atoms with van der Waals surface area (Å²) in [7, 11) is -4.13. The number of hydrogen-bond acceptors (Lipinski definition) is 4. The van der Waals surface area contributed by atoms with Crippen LogP contribution in [0.4, 0.5) is 14.5 Å². The Kier molecular flexibility index (Phi) is 4.80. The van der Waals surface area contributed by atoms with Gasteiger partial charge in [0.15, 0.2) is 11.6 Å². The number of sulfonamides is 1. The largest absolute Gasteiger partial charge is 0.399 e. The van der Waals surface area contributed by atoms with Gasteiger partial charge in [0, 0.05) is 18.3 Å². The van der Waals surface area contributed by atoms with Gasteiger partial charge in [-0.1, -0.05) is 6.92 Å². The van der Waals surface area contributed by atoms with E-state index in [9.17, 15) is 17.2 Å². The number of nitrogens with one attached hydrogen (secondary N) is 1. The van der Waals surface area contributed by atoms with Gasteiger partial charge < -0.3 is 5.73 Å². The van der Waals surface area contributed by atoms with E-state index in [2.05, 4.69) is 9.62 Å². The van der Waals surface area contributed by atoms with Crippen molar-refractivity contribution in [3.8, 4) is 0 Å². The van der Waals surface area contributed by atoms with Crippen LogP contribution in [-0.4, -0.2) is 39.0 Å². The molecule has 0 aromatic heterocycles. The molecule has 1 atom stereocenters. The minimum absolute atomic E-state index is 0.0822. The molecule has 1 saturated heterocycles. The number of likely N-dealkylation sites (tertiary alicyclic amines) is 1. The minimum atomic E-state index is -4.13. The van der Waals surface area contributed by atoms with Crippen molar-refractivity contribution >= 4 is 15.7 Å². The minimum Gasteiger partial charge on any atom is -0.399 e. The van der Waals surface area contributed by atoms with Crippen LogP contribution >= 0.6 is 0 Å². The lowest BCUT2D eigenvalue weighted by molar-refractivity contribution is 0.268. The van der Waals surface area contributed by atoms with Gasteiger partial charge in [0.05, 0.1) is 0 Å². The Morgan fingerprint density at radius 3 is 2.81 bits per heavy atom. The molecule has 21 heavy (non-hydrogen) atoms. The normalized spacial score (nSPS) is 20.0. The quantitative estimate of drug-likeness (QED) is 0.803. The molecule has 1 aliphatic heterocycles. The number of halogens is 2. The van der Waals surface area contributed by atoms with E-state index in [1.165, 1.54) is 0 Å². The Labute approximate surface area is 123 Å². The van der Waals surface area contributed by atoms with Gasteiger partial charge in [0.2, 0.25) is 10.0 Å². The molecule has 1 aliphatic rings. The van der Waals surface area contributed by atoms with Gasteiger partial charge in [0.25, 0.3) is 0 Å². The predicted octanol–water partition coefficient (Wildman–Crippen LogP) is 1.31. The van der Waals surface area contributed by atoms with Crippen molar-refractivity contribution in [1.82, 2.24) is 9.62 Å². The van der Waals surface area contributed by atoms with E-state index in [4.69, 9.17) is 5.73 Å². The molecular weight excluding hydrogens is 300 g/mol. The van der Waals surface area contributed by atoms with Crippen LogP contribution in [0.3, 0.4) is 0 Å². The highest BCUT2D eigenvalue weighted by molar-refractivity contribution is 7.89. The number of nitrogens with two attached hydrogens (primary N) is 1.